The number of nitriles is 1. The highest BCUT2D eigenvalue weighted by molar-refractivity contribution is 6.04. The van der Waals surface area contributed by atoms with E-state index in [1.165, 1.54) is 12.5 Å². The number of carbonyl (C=O) groups is 2. The van der Waals surface area contributed by atoms with Gasteiger partial charge in [-0.25, -0.2) is 0 Å². The molecule has 2 heterocycles. The average molecular weight is 316 g/mol. The van der Waals surface area contributed by atoms with E-state index in [4.69, 9.17) is 14.2 Å². The summed E-state index contributed by atoms with van der Waals surface area (Å²) in [4.78, 5) is 27.9. The number of Topliss-reactive ketones (excluding diaryl/α,β-unsaturated/α-hetero) is 1. The molecule has 1 atom stereocenters. The summed E-state index contributed by atoms with van der Waals surface area (Å²) in [5.74, 6) is -1.77. The average Bonchev–Trinajstić information content (AvgIpc) is 3.16. The minimum absolute atomic E-state index is 0.0310. The molecule has 2 rings (SSSR count). The molecule has 1 N–H and O–H groups in total. The predicted octanol–water partition coefficient (Wildman–Crippen LogP) is 1.50. The van der Waals surface area contributed by atoms with Gasteiger partial charge in [-0.3, -0.25) is 9.59 Å². The fraction of sp³-hybridized carbons (Fsp3) is 0.400. The third kappa shape index (κ3) is 4.26. The molecule has 1 unspecified atom stereocenters. The number of hydrogen-bond donors (Lipinski definition) is 1. The molecule has 0 fully saturated rings. The van der Waals surface area contributed by atoms with Gasteiger partial charge in [-0.2, -0.15) is 10.2 Å². The van der Waals surface area contributed by atoms with Crippen LogP contribution in [0.25, 0.3) is 11.4 Å². The van der Waals surface area contributed by atoms with E-state index < -0.39 is 17.6 Å². The van der Waals surface area contributed by atoms with E-state index in [1.807, 2.05) is 0 Å². The second-order valence-electron chi connectivity index (χ2n) is 5.22. The van der Waals surface area contributed by atoms with Crippen LogP contribution in [0, 0.1) is 17.2 Å². The quantitative estimate of drug-likeness (QED) is 0.768. The number of ketones is 1. The van der Waals surface area contributed by atoms with Crippen LogP contribution in [-0.2, 0) is 16.0 Å². The highest BCUT2D eigenvalue weighted by Gasteiger charge is 2.26. The SMILES string of the molecule is CC(C)NC(=O)C(C#N)C(=O)CCc1nc(-c2ccoc2)no1. The van der Waals surface area contributed by atoms with Crippen molar-refractivity contribution in [3.05, 3.63) is 24.5 Å². The largest absolute Gasteiger partial charge is 0.472 e. The van der Waals surface area contributed by atoms with Crippen molar-refractivity contribution in [2.75, 3.05) is 0 Å². The lowest BCUT2D eigenvalue weighted by Gasteiger charge is -2.11. The lowest BCUT2D eigenvalue weighted by molar-refractivity contribution is -0.132. The standard InChI is InChI=1S/C15H16N4O4/c1-9(2)17-15(21)11(7-16)12(20)3-4-13-18-14(19-23-13)10-5-6-22-8-10/h5-6,8-9,11H,3-4H2,1-2H3,(H,17,21). The van der Waals surface area contributed by atoms with E-state index in [2.05, 4.69) is 15.5 Å². The zero-order valence-corrected chi connectivity index (χ0v) is 12.8. The number of hydrogen-bond acceptors (Lipinski definition) is 7. The number of rotatable bonds is 7. The second kappa shape index (κ2) is 7.35. The molecule has 23 heavy (non-hydrogen) atoms. The molecule has 120 valence electrons. The molecule has 0 radical (unpaired) electrons. The summed E-state index contributed by atoms with van der Waals surface area (Å²) in [6.07, 6.45) is 3.09. The molecule has 0 aliphatic carbocycles. The molecule has 1 amide bonds. The number of amides is 1. The van der Waals surface area contributed by atoms with Crippen LogP contribution in [0.2, 0.25) is 0 Å². The summed E-state index contributed by atoms with van der Waals surface area (Å²) in [6.45, 7) is 3.51. The van der Waals surface area contributed by atoms with Gasteiger partial charge in [0.2, 0.25) is 17.6 Å². The highest BCUT2D eigenvalue weighted by Crippen LogP contribution is 2.16. The van der Waals surface area contributed by atoms with Crippen LogP contribution in [0.1, 0.15) is 26.2 Å². The summed E-state index contributed by atoms with van der Waals surface area (Å²) in [7, 11) is 0. The highest BCUT2D eigenvalue weighted by atomic mass is 16.5. The molecule has 8 nitrogen and oxygen atoms in total. The maximum Gasteiger partial charge on any atom is 0.245 e. The van der Waals surface area contributed by atoms with Gasteiger partial charge in [0.15, 0.2) is 11.7 Å². The van der Waals surface area contributed by atoms with Gasteiger partial charge in [0.25, 0.3) is 0 Å². The number of nitrogens with one attached hydrogen (secondary N) is 1. The third-order valence-corrected chi connectivity index (χ3v) is 2.98. The number of aryl methyl sites for hydroxylation is 1. The molecule has 2 aromatic heterocycles. The van der Waals surface area contributed by atoms with E-state index >= 15 is 0 Å². The topological polar surface area (TPSA) is 122 Å². The molecule has 0 saturated carbocycles. The van der Waals surface area contributed by atoms with Crippen LogP contribution in [0.15, 0.2) is 27.5 Å². The van der Waals surface area contributed by atoms with E-state index in [1.54, 1.807) is 26.0 Å². The normalized spacial score (nSPS) is 11.9. The Balaban J connectivity index is 1.93. The van der Waals surface area contributed by atoms with Crippen molar-refractivity contribution in [1.29, 1.82) is 5.26 Å². The Bertz CT molecular complexity index is 712. The van der Waals surface area contributed by atoms with Crippen molar-refractivity contribution < 1.29 is 18.5 Å². The van der Waals surface area contributed by atoms with Crippen molar-refractivity contribution >= 4 is 11.7 Å². The maximum absolute atomic E-state index is 12.0. The van der Waals surface area contributed by atoms with E-state index in [0.29, 0.717) is 11.4 Å². The van der Waals surface area contributed by atoms with Gasteiger partial charge in [-0.05, 0) is 19.9 Å². The first-order chi connectivity index (χ1) is 11.0. The molecule has 0 spiro atoms. The van der Waals surface area contributed by atoms with Gasteiger partial charge in [0.05, 0.1) is 17.9 Å². The third-order valence-electron chi connectivity index (χ3n) is 2.98. The zero-order valence-electron chi connectivity index (χ0n) is 12.8. The van der Waals surface area contributed by atoms with E-state index in [0.717, 1.165) is 0 Å². The molecule has 2 aromatic rings. The van der Waals surface area contributed by atoms with Crippen molar-refractivity contribution in [3.8, 4) is 17.5 Å². The van der Waals surface area contributed by atoms with E-state index in [-0.39, 0.29) is 24.8 Å². The van der Waals surface area contributed by atoms with Crippen molar-refractivity contribution in [2.24, 2.45) is 5.92 Å². The lowest BCUT2D eigenvalue weighted by Crippen LogP contribution is -2.38. The number of carbonyl (C=O) groups excluding carboxylic acids is 2. The van der Waals surface area contributed by atoms with Gasteiger partial charge < -0.3 is 14.3 Å². The van der Waals surface area contributed by atoms with Crippen LogP contribution in [-0.4, -0.2) is 27.9 Å². The molecule has 0 aliphatic rings. The van der Waals surface area contributed by atoms with Gasteiger partial charge in [-0.15, -0.1) is 0 Å². The summed E-state index contributed by atoms with van der Waals surface area (Å²) in [5, 5.41) is 15.3. The van der Waals surface area contributed by atoms with Crippen LogP contribution < -0.4 is 5.32 Å². The van der Waals surface area contributed by atoms with Gasteiger partial charge in [0.1, 0.15) is 6.26 Å². The summed E-state index contributed by atoms with van der Waals surface area (Å²) >= 11 is 0. The molecular formula is C15H16N4O4. The Kier molecular flexibility index (Phi) is 5.25. The number of nitrogens with zero attached hydrogens (tertiary/aromatic N) is 3. The summed E-state index contributed by atoms with van der Waals surface area (Å²) in [5.41, 5.74) is 0.664. The predicted molar refractivity (Wildman–Crippen MR) is 77.7 cm³/mol. The molecular weight excluding hydrogens is 300 g/mol. The Morgan fingerprint density at radius 1 is 1.43 bits per heavy atom. The zero-order chi connectivity index (χ0) is 16.8. The number of aromatic nitrogens is 2. The number of furan rings is 1. The molecule has 0 aromatic carbocycles. The van der Waals surface area contributed by atoms with Crippen LogP contribution in [0.5, 0.6) is 0 Å². The molecule has 0 saturated heterocycles. The van der Waals surface area contributed by atoms with Crippen molar-refractivity contribution in [3.63, 3.8) is 0 Å². The molecule has 0 aliphatic heterocycles. The Hall–Kier alpha value is -2.95. The molecule has 8 heteroatoms. The Morgan fingerprint density at radius 2 is 2.22 bits per heavy atom. The first-order valence-electron chi connectivity index (χ1n) is 7.09. The maximum atomic E-state index is 12.0. The smallest absolute Gasteiger partial charge is 0.245 e. The minimum Gasteiger partial charge on any atom is -0.472 e. The van der Waals surface area contributed by atoms with Gasteiger partial charge in [-0.1, -0.05) is 5.16 Å². The monoisotopic (exact) mass is 316 g/mol. The Morgan fingerprint density at radius 3 is 2.83 bits per heavy atom. The minimum atomic E-state index is -1.33. The first kappa shape index (κ1) is 16.4. The van der Waals surface area contributed by atoms with Crippen LogP contribution in [0.3, 0.4) is 0 Å². The first-order valence-corrected chi connectivity index (χ1v) is 7.09. The Labute approximate surface area is 132 Å². The van der Waals surface area contributed by atoms with Crippen molar-refractivity contribution in [1.82, 2.24) is 15.5 Å². The van der Waals surface area contributed by atoms with Crippen LogP contribution in [0.4, 0.5) is 0 Å². The summed E-state index contributed by atoms with van der Waals surface area (Å²) in [6, 6.07) is 3.27. The fourth-order valence-corrected chi connectivity index (χ4v) is 1.88. The van der Waals surface area contributed by atoms with Crippen LogP contribution >= 0.6 is 0 Å². The van der Waals surface area contributed by atoms with E-state index in [9.17, 15) is 9.59 Å². The summed E-state index contributed by atoms with van der Waals surface area (Å²) < 4.78 is 9.96. The second-order valence-corrected chi connectivity index (χ2v) is 5.22. The van der Waals surface area contributed by atoms with Crippen molar-refractivity contribution in [2.45, 2.75) is 32.7 Å². The fourth-order valence-electron chi connectivity index (χ4n) is 1.88. The lowest BCUT2D eigenvalue weighted by atomic mass is 10.0. The van der Waals surface area contributed by atoms with Gasteiger partial charge in [0, 0.05) is 18.9 Å². The van der Waals surface area contributed by atoms with Gasteiger partial charge >= 0.3 is 0 Å². The molecule has 0 bridgehead atoms.